The molecule has 0 aliphatic rings. The summed E-state index contributed by atoms with van der Waals surface area (Å²) < 4.78 is 0. The first kappa shape index (κ1) is 19.0. The van der Waals surface area contributed by atoms with Gasteiger partial charge >= 0.3 is 59.1 Å². The van der Waals surface area contributed by atoms with Gasteiger partial charge in [0.1, 0.15) is 0 Å². The molecule has 0 aromatic carbocycles. The van der Waals surface area contributed by atoms with Crippen LogP contribution in [0.4, 0.5) is 0 Å². The fourth-order valence-electron chi connectivity index (χ4n) is 0.422. The molecule has 0 saturated carbocycles. The van der Waals surface area contributed by atoms with Crippen molar-refractivity contribution in [2.45, 2.75) is 6.92 Å². The minimum absolute atomic E-state index is 0. The quantitative estimate of drug-likeness (QED) is 0.196. The molecule has 0 aliphatic carbocycles. The minimum atomic E-state index is -1.82. The Labute approximate surface area is 119 Å². The van der Waals surface area contributed by atoms with Crippen LogP contribution in [0, 0.1) is 0 Å². The van der Waals surface area contributed by atoms with Crippen LogP contribution in [0.15, 0.2) is 11.6 Å². The van der Waals surface area contributed by atoms with Gasteiger partial charge in [0.2, 0.25) is 0 Å². The molecule has 0 aromatic rings. The maximum atomic E-state index is 10.3. The van der Waals surface area contributed by atoms with Crippen LogP contribution in [0.5, 0.6) is 0 Å². The number of Topliss-reactive ketones (excluding diaryl/α,β-unsaturated/α-hetero) is 1. The molecule has 0 fully saturated rings. The summed E-state index contributed by atoms with van der Waals surface area (Å²) in [5, 5.41) is 19.8. The van der Waals surface area contributed by atoms with E-state index in [0.717, 1.165) is 6.92 Å². The average molecular weight is 202 g/mol. The van der Waals surface area contributed by atoms with Crippen LogP contribution in [0.1, 0.15) is 6.92 Å². The molecule has 0 amide bonds. The Balaban J connectivity index is -0.000000500. The van der Waals surface area contributed by atoms with Crippen LogP contribution in [0.2, 0.25) is 0 Å². The van der Waals surface area contributed by atoms with E-state index in [1.165, 1.54) is 0 Å². The van der Waals surface area contributed by atoms with E-state index < -0.39 is 23.3 Å². The summed E-state index contributed by atoms with van der Waals surface area (Å²) in [5.41, 5.74) is -0.898. The molecular formula is C6H4Na2O5. The van der Waals surface area contributed by atoms with Crippen molar-refractivity contribution >= 4 is 17.7 Å². The predicted molar refractivity (Wildman–Crippen MR) is 28.8 cm³/mol. The third-order valence-corrected chi connectivity index (χ3v) is 0.861. The second-order valence-corrected chi connectivity index (χ2v) is 1.72. The van der Waals surface area contributed by atoms with Gasteiger partial charge in [-0.1, -0.05) is 0 Å². The van der Waals surface area contributed by atoms with Gasteiger partial charge in [0.25, 0.3) is 0 Å². The summed E-state index contributed by atoms with van der Waals surface area (Å²) >= 11 is 0. The van der Waals surface area contributed by atoms with Crippen molar-refractivity contribution < 1.29 is 83.7 Å². The Morgan fingerprint density at radius 3 is 1.54 bits per heavy atom. The van der Waals surface area contributed by atoms with E-state index in [4.69, 9.17) is 0 Å². The van der Waals surface area contributed by atoms with Crippen LogP contribution < -0.4 is 69.3 Å². The van der Waals surface area contributed by atoms with Crippen molar-refractivity contribution in [1.29, 1.82) is 0 Å². The summed E-state index contributed by atoms with van der Waals surface area (Å²) in [5.74, 6) is -4.43. The Kier molecular flexibility index (Phi) is 13.1. The minimum Gasteiger partial charge on any atom is -0.545 e. The topological polar surface area (TPSA) is 97.3 Å². The van der Waals surface area contributed by atoms with E-state index in [1.54, 1.807) is 0 Å². The van der Waals surface area contributed by atoms with E-state index in [-0.39, 0.29) is 65.2 Å². The number of rotatable bonds is 3. The Morgan fingerprint density at radius 1 is 1.08 bits per heavy atom. The number of carboxylic acids is 2. The zero-order chi connectivity index (χ0) is 9.02. The summed E-state index contributed by atoms with van der Waals surface area (Å²) in [6.45, 7) is 0.921. The van der Waals surface area contributed by atoms with Crippen LogP contribution >= 0.6 is 0 Å². The van der Waals surface area contributed by atoms with Crippen LogP contribution in [0.3, 0.4) is 0 Å². The number of carbonyl (C=O) groups is 3. The van der Waals surface area contributed by atoms with Gasteiger partial charge in [0, 0.05) is 5.57 Å². The molecule has 5 nitrogen and oxygen atoms in total. The first-order chi connectivity index (χ1) is 4.95. The largest absolute Gasteiger partial charge is 1.00 e. The fourth-order valence-corrected chi connectivity index (χ4v) is 0.422. The molecule has 0 aromatic heterocycles. The molecule has 0 unspecified atom stereocenters. The Hall–Kier alpha value is 0.350. The molecule has 0 atom stereocenters. The third-order valence-electron chi connectivity index (χ3n) is 0.861. The maximum Gasteiger partial charge on any atom is 1.00 e. The van der Waals surface area contributed by atoms with Gasteiger partial charge in [-0.25, -0.2) is 0 Å². The Morgan fingerprint density at radius 2 is 1.46 bits per heavy atom. The van der Waals surface area contributed by atoms with Gasteiger partial charge in [-0.15, -0.1) is 0 Å². The molecule has 0 saturated heterocycles. The van der Waals surface area contributed by atoms with Crippen molar-refractivity contribution in [2.24, 2.45) is 0 Å². The maximum absolute atomic E-state index is 10.3. The van der Waals surface area contributed by atoms with Crippen molar-refractivity contribution in [3.63, 3.8) is 0 Å². The summed E-state index contributed by atoms with van der Waals surface area (Å²) in [7, 11) is 0. The van der Waals surface area contributed by atoms with Crippen molar-refractivity contribution in [1.82, 2.24) is 0 Å². The van der Waals surface area contributed by atoms with Gasteiger partial charge in [-0.2, -0.15) is 0 Å². The van der Waals surface area contributed by atoms with Gasteiger partial charge in [0.15, 0.2) is 5.78 Å². The van der Waals surface area contributed by atoms with Crippen molar-refractivity contribution in [2.75, 3.05) is 0 Å². The van der Waals surface area contributed by atoms with E-state index >= 15 is 0 Å². The zero-order valence-electron chi connectivity index (χ0n) is 7.62. The third kappa shape index (κ3) is 8.67. The van der Waals surface area contributed by atoms with Crippen LogP contribution in [-0.2, 0) is 14.4 Å². The molecule has 0 radical (unpaired) electrons. The van der Waals surface area contributed by atoms with E-state index in [9.17, 15) is 24.6 Å². The second kappa shape index (κ2) is 8.93. The second-order valence-electron chi connectivity index (χ2n) is 1.72. The molecule has 0 N–H and O–H groups in total. The SMILES string of the molecule is CC(=O)/C(=C\C(=O)[O-])C(=O)[O-].[Na+].[Na+]. The summed E-state index contributed by atoms with van der Waals surface area (Å²) in [4.78, 5) is 30.1. The van der Waals surface area contributed by atoms with E-state index in [2.05, 4.69) is 0 Å². The van der Waals surface area contributed by atoms with Crippen LogP contribution in [-0.4, -0.2) is 17.7 Å². The molecule has 0 heterocycles. The number of hydrogen-bond acceptors (Lipinski definition) is 5. The van der Waals surface area contributed by atoms with Gasteiger partial charge in [-0.3, -0.25) is 4.79 Å². The van der Waals surface area contributed by atoms with E-state index in [1.807, 2.05) is 0 Å². The van der Waals surface area contributed by atoms with Gasteiger partial charge < -0.3 is 19.8 Å². The van der Waals surface area contributed by atoms with Crippen LogP contribution in [0.25, 0.3) is 0 Å². The molecule has 0 rings (SSSR count). The van der Waals surface area contributed by atoms with Crippen molar-refractivity contribution in [3.8, 4) is 0 Å². The number of ketones is 1. The predicted octanol–water partition coefficient (Wildman–Crippen LogP) is -8.99. The molecule has 0 bridgehead atoms. The van der Waals surface area contributed by atoms with Gasteiger partial charge in [0.05, 0.1) is 11.9 Å². The number of hydrogen-bond donors (Lipinski definition) is 0. The number of aliphatic carboxylic acids is 2. The summed E-state index contributed by atoms with van der Waals surface area (Å²) in [6, 6.07) is 0. The zero-order valence-corrected chi connectivity index (χ0v) is 11.6. The number of carbonyl (C=O) groups excluding carboxylic acids is 3. The molecule has 0 aliphatic heterocycles. The average Bonchev–Trinajstić information content (AvgIpc) is 1.81. The molecule has 7 heteroatoms. The molecule has 0 spiro atoms. The van der Waals surface area contributed by atoms with Gasteiger partial charge in [-0.05, 0) is 13.0 Å². The number of carboxylic acid groups (broad SMARTS) is 2. The standard InChI is InChI=1S/C6H6O5.2Na/c1-3(7)4(6(10)11)2-5(8)9;;/h2H,1H3,(H,8,9)(H,10,11);;/q;2*+1/p-2/b4-2+;;. The summed E-state index contributed by atoms with van der Waals surface area (Å²) in [6.07, 6.45) is 0.192. The fraction of sp³-hybridized carbons (Fsp3) is 0.167. The molecule has 60 valence electrons. The molecule has 13 heavy (non-hydrogen) atoms. The first-order valence-electron chi connectivity index (χ1n) is 2.60. The Bertz CT molecular complexity index is 229. The van der Waals surface area contributed by atoms with Crippen molar-refractivity contribution in [3.05, 3.63) is 11.6 Å². The van der Waals surface area contributed by atoms with E-state index in [0.29, 0.717) is 0 Å². The smallest absolute Gasteiger partial charge is 0.545 e. The normalized spacial score (nSPS) is 9.15. The first-order valence-corrected chi connectivity index (χ1v) is 2.60. The monoisotopic (exact) mass is 202 g/mol. The molecular weight excluding hydrogens is 198 g/mol.